The van der Waals surface area contributed by atoms with Crippen LogP contribution in [0.25, 0.3) is 0 Å². The minimum absolute atomic E-state index is 0. The van der Waals surface area contributed by atoms with Crippen LogP contribution < -0.4 is 25.5 Å². The fourth-order valence-corrected chi connectivity index (χ4v) is 0. The van der Waals surface area contributed by atoms with Crippen LogP contribution in [0, 0.1) is 0 Å². The van der Waals surface area contributed by atoms with E-state index < -0.39 is 29.8 Å². The predicted octanol–water partition coefficient (Wildman–Crippen LogP) is -6.22. The van der Waals surface area contributed by atoms with Crippen LogP contribution in [0.1, 0.15) is 34.6 Å². The first-order valence-corrected chi connectivity index (χ1v) is 4.54. The molecule has 0 saturated carbocycles. The second-order valence-electron chi connectivity index (χ2n) is 2.46. The monoisotopic (exact) mass is 346 g/mol. The normalized spacial score (nSPS) is 5.95. The molecule has 0 heterocycles. The molecule has 0 aromatic carbocycles. The molecule has 0 unspecified atom stereocenters. The van der Waals surface area contributed by atoms with Crippen LogP contribution in [0.5, 0.6) is 0 Å². The molecule has 0 bridgehead atoms. The molecule has 0 aliphatic rings. The van der Waals surface area contributed by atoms with Crippen molar-refractivity contribution in [2.75, 3.05) is 0 Å². The van der Waals surface area contributed by atoms with Gasteiger partial charge in [0.25, 0.3) is 0 Å². The van der Waals surface area contributed by atoms with Gasteiger partial charge in [-0.05, 0) is 34.6 Å². The molecule has 10 nitrogen and oxygen atoms in total. The van der Waals surface area contributed by atoms with Gasteiger partial charge in [-0.25, -0.2) is 0 Å². The summed E-state index contributed by atoms with van der Waals surface area (Å²) in [6.07, 6.45) is 0. The Morgan fingerprint density at radius 1 is 0.429 bits per heavy atom. The van der Waals surface area contributed by atoms with Crippen molar-refractivity contribution in [3.8, 4) is 0 Å². The van der Waals surface area contributed by atoms with Gasteiger partial charge in [0.2, 0.25) is 0 Å². The van der Waals surface area contributed by atoms with Gasteiger partial charge in [-0.15, -0.1) is 0 Å². The van der Waals surface area contributed by atoms with Crippen LogP contribution in [0.15, 0.2) is 0 Å². The summed E-state index contributed by atoms with van der Waals surface area (Å²) in [7, 11) is 0. The van der Waals surface area contributed by atoms with Gasteiger partial charge in [0, 0.05) is 29.8 Å². The summed E-state index contributed by atoms with van der Waals surface area (Å²) in [4.78, 5) is 44.4. The molecule has 0 aliphatic carbocycles. The Morgan fingerprint density at radius 3 is 0.429 bits per heavy atom. The van der Waals surface area contributed by atoms with E-state index in [0.29, 0.717) is 0 Å². The van der Waals surface area contributed by atoms with Crippen molar-refractivity contribution in [2.45, 2.75) is 34.6 Å². The molecule has 0 fully saturated rings. The maximum absolute atomic E-state index is 8.89. The van der Waals surface area contributed by atoms with Gasteiger partial charge < -0.3 is 49.5 Å². The SMILES string of the molecule is CC(=O)[O-].CC(=O)[O-].CC(=O)[O-].CC(=O)[O-].CC(=O)[O-].[V+5]. The van der Waals surface area contributed by atoms with Gasteiger partial charge in [-0.3, -0.25) is 0 Å². The number of carboxylic acid groups (broad SMARTS) is 5. The zero-order chi connectivity index (χ0) is 17.9. The van der Waals surface area contributed by atoms with Crippen molar-refractivity contribution in [2.24, 2.45) is 0 Å². The summed E-state index contributed by atoms with van der Waals surface area (Å²) in [6.45, 7) is 4.86. The number of hydrogen-bond acceptors (Lipinski definition) is 10. The number of carbonyl (C=O) groups is 5. The molecule has 0 amide bonds. The molecule has 0 aromatic heterocycles. The molecule has 0 atom stereocenters. The molecule has 0 spiro atoms. The van der Waals surface area contributed by atoms with E-state index in [2.05, 4.69) is 0 Å². The first kappa shape index (κ1) is 36.4. The van der Waals surface area contributed by atoms with Gasteiger partial charge in [-0.1, -0.05) is 0 Å². The Kier molecular flexibility index (Phi) is 53.3. The van der Waals surface area contributed by atoms with Crippen LogP contribution >= 0.6 is 0 Å². The Bertz CT molecular complexity index is 211. The molecule has 0 saturated heterocycles. The van der Waals surface area contributed by atoms with Crippen molar-refractivity contribution in [1.82, 2.24) is 0 Å². The van der Waals surface area contributed by atoms with E-state index in [9.17, 15) is 0 Å². The summed E-state index contributed by atoms with van der Waals surface area (Å²) in [5.74, 6) is -5.42. The van der Waals surface area contributed by atoms with E-state index >= 15 is 0 Å². The van der Waals surface area contributed by atoms with Gasteiger partial charge >= 0.3 is 18.6 Å². The molecule has 120 valence electrons. The largest absolute Gasteiger partial charge is 5.00 e. The standard InChI is InChI=1S/5C2H4O2.V/c5*1-2(3)4;/h5*1H3,(H,3,4);/q;;;;;+5/p-5. The van der Waals surface area contributed by atoms with Gasteiger partial charge in [0.15, 0.2) is 0 Å². The van der Waals surface area contributed by atoms with E-state index in [4.69, 9.17) is 49.5 Å². The van der Waals surface area contributed by atoms with E-state index in [-0.39, 0.29) is 18.6 Å². The number of carbonyl (C=O) groups excluding carboxylic acids is 5. The minimum Gasteiger partial charge on any atom is -0.550 e. The molecular formula is C10H15O10V. The average Bonchev–Trinajstić information content (AvgIpc) is 1.94. The van der Waals surface area contributed by atoms with Crippen LogP contribution in [0.3, 0.4) is 0 Å². The zero-order valence-electron chi connectivity index (χ0n) is 12.0. The number of rotatable bonds is 0. The molecule has 0 N–H and O–H groups in total. The minimum atomic E-state index is -1.08. The average molecular weight is 346 g/mol. The summed E-state index contributed by atoms with van der Waals surface area (Å²) >= 11 is 0. The molecule has 11 heteroatoms. The Labute approximate surface area is 133 Å². The van der Waals surface area contributed by atoms with Crippen molar-refractivity contribution >= 4 is 29.8 Å². The van der Waals surface area contributed by atoms with E-state index in [1.165, 1.54) is 0 Å². The first-order valence-electron chi connectivity index (χ1n) is 4.54. The summed E-state index contributed by atoms with van der Waals surface area (Å²) in [5, 5.41) is 44.4. The van der Waals surface area contributed by atoms with Crippen LogP contribution in [0.2, 0.25) is 0 Å². The Hall–Kier alpha value is -2.07. The second kappa shape index (κ2) is 30.7. The Morgan fingerprint density at radius 2 is 0.429 bits per heavy atom. The fourth-order valence-electron chi connectivity index (χ4n) is 0. The maximum Gasteiger partial charge on any atom is 5.00 e. The third-order valence-corrected chi connectivity index (χ3v) is 0. The molecule has 0 radical (unpaired) electrons. The first-order chi connectivity index (χ1) is 8.66. The summed E-state index contributed by atoms with van der Waals surface area (Å²) < 4.78 is 0. The molecular weight excluding hydrogens is 331 g/mol. The van der Waals surface area contributed by atoms with Crippen molar-refractivity contribution < 1.29 is 68.1 Å². The topological polar surface area (TPSA) is 201 Å². The van der Waals surface area contributed by atoms with Gasteiger partial charge in [0.1, 0.15) is 0 Å². The summed E-state index contributed by atoms with van der Waals surface area (Å²) in [6, 6.07) is 0. The molecule has 0 aromatic rings. The molecule has 0 rings (SSSR count). The second-order valence-corrected chi connectivity index (χ2v) is 2.46. The van der Waals surface area contributed by atoms with E-state index in [1.807, 2.05) is 0 Å². The van der Waals surface area contributed by atoms with Crippen LogP contribution in [-0.2, 0) is 42.5 Å². The van der Waals surface area contributed by atoms with Crippen molar-refractivity contribution in [3.05, 3.63) is 0 Å². The zero-order valence-corrected chi connectivity index (χ0v) is 13.4. The smallest absolute Gasteiger partial charge is 0.550 e. The van der Waals surface area contributed by atoms with Crippen molar-refractivity contribution in [3.63, 3.8) is 0 Å². The van der Waals surface area contributed by atoms with Crippen LogP contribution in [-0.4, -0.2) is 29.8 Å². The number of carboxylic acids is 5. The number of hydrogen-bond donors (Lipinski definition) is 0. The number of aliphatic carboxylic acids is 5. The maximum atomic E-state index is 8.89. The predicted molar refractivity (Wildman–Crippen MR) is 53.4 cm³/mol. The quantitative estimate of drug-likeness (QED) is 0.406. The van der Waals surface area contributed by atoms with E-state index in [1.54, 1.807) is 0 Å². The summed E-state index contributed by atoms with van der Waals surface area (Å²) in [5.41, 5.74) is 0. The van der Waals surface area contributed by atoms with Gasteiger partial charge in [0.05, 0.1) is 0 Å². The molecule has 0 aliphatic heterocycles. The third kappa shape index (κ3) is 1070. The van der Waals surface area contributed by atoms with E-state index in [0.717, 1.165) is 34.6 Å². The Balaban J connectivity index is -0.0000000331. The van der Waals surface area contributed by atoms with Crippen molar-refractivity contribution in [1.29, 1.82) is 0 Å². The fraction of sp³-hybridized carbons (Fsp3) is 0.500. The van der Waals surface area contributed by atoms with Crippen LogP contribution in [0.4, 0.5) is 0 Å². The molecule has 21 heavy (non-hydrogen) atoms. The van der Waals surface area contributed by atoms with Gasteiger partial charge in [-0.2, -0.15) is 0 Å². The third-order valence-electron chi connectivity index (χ3n) is 0.